The van der Waals surface area contributed by atoms with Gasteiger partial charge in [-0.2, -0.15) is 0 Å². The van der Waals surface area contributed by atoms with Gasteiger partial charge in [-0.3, -0.25) is 9.59 Å². The van der Waals surface area contributed by atoms with Crippen LogP contribution in [0.1, 0.15) is 45.6 Å². The molecule has 1 aromatic carbocycles. The molecule has 1 heterocycles. The number of carbonyl (C=O) groups excluding carboxylic acids is 3. The fourth-order valence-corrected chi connectivity index (χ4v) is 3.41. The van der Waals surface area contributed by atoms with E-state index >= 15 is 0 Å². The van der Waals surface area contributed by atoms with Crippen LogP contribution < -0.4 is 5.32 Å². The number of hydrogen-bond acceptors (Lipinski definition) is 5. The van der Waals surface area contributed by atoms with Crippen LogP contribution in [0.3, 0.4) is 0 Å². The number of piperidine rings is 1. The van der Waals surface area contributed by atoms with Crippen molar-refractivity contribution in [1.29, 1.82) is 0 Å². The molecule has 2 amide bonds. The van der Waals surface area contributed by atoms with E-state index in [0.29, 0.717) is 12.3 Å². The average Bonchev–Trinajstić information content (AvgIpc) is 2.65. The standard InChI is InChI=1S/C21H30N2O5/c1-16(24)23-11-9-17(10-12-23)13-21(2,3)28-20(26)22-14-19(25)27-15-18-7-5-4-6-8-18/h4-8,17H,9-15H2,1-3H3,(H,22,26). The third-order valence-corrected chi connectivity index (χ3v) is 4.83. The molecule has 7 heteroatoms. The van der Waals surface area contributed by atoms with Crippen molar-refractivity contribution < 1.29 is 23.9 Å². The van der Waals surface area contributed by atoms with Gasteiger partial charge in [0, 0.05) is 20.0 Å². The van der Waals surface area contributed by atoms with Crippen LogP contribution in [0.5, 0.6) is 0 Å². The van der Waals surface area contributed by atoms with Crippen molar-refractivity contribution in [3.8, 4) is 0 Å². The second kappa shape index (κ2) is 10.1. The molecule has 0 aromatic heterocycles. The van der Waals surface area contributed by atoms with E-state index in [-0.39, 0.29) is 19.1 Å². The number of rotatable bonds is 7. The highest BCUT2D eigenvalue weighted by Crippen LogP contribution is 2.28. The molecular weight excluding hydrogens is 360 g/mol. The Morgan fingerprint density at radius 1 is 1.14 bits per heavy atom. The highest BCUT2D eigenvalue weighted by Gasteiger charge is 2.30. The fourth-order valence-electron chi connectivity index (χ4n) is 3.41. The lowest BCUT2D eigenvalue weighted by Crippen LogP contribution is -2.41. The first-order valence-corrected chi connectivity index (χ1v) is 9.67. The highest BCUT2D eigenvalue weighted by atomic mass is 16.6. The molecule has 1 aliphatic rings. The second-order valence-corrected chi connectivity index (χ2v) is 7.80. The maximum Gasteiger partial charge on any atom is 0.408 e. The van der Waals surface area contributed by atoms with Crippen molar-refractivity contribution in [2.45, 2.75) is 52.2 Å². The summed E-state index contributed by atoms with van der Waals surface area (Å²) in [6, 6.07) is 9.34. The predicted molar refractivity (Wildman–Crippen MR) is 104 cm³/mol. The van der Waals surface area contributed by atoms with Crippen molar-refractivity contribution in [3.63, 3.8) is 0 Å². The number of nitrogens with zero attached hydrogens (tertiary/aromatic N) is 1. The number of amides is 2. The lowest BCUT2D eigenvalue weighted by Gasteiger charge is -2.35. The predicted octanol–water partition coefficient (Wildman–Crippen LogP) is 2.88. The lowest BCUT2D eigenvalue weighted by atomic mass is 9.86. The second-order valence-electron chi connectivity index (χ2n) is 7.80. The van der Waals surface area contributed by atoms with Crippen LogP contribution in [0.2, 0.25) is 0 Å². The third kappa shape index (κ3) is 7.58. The first-order valence-electron chi connectivity index (χ1n) is 9.67. The van der Waals surface area contributed by atoms with Crippen LogP contribution in [0.25, 0.3) is 0 Å². The molecule has 0 radical (unpaired) electrons. The highest BCUT2D eigenvalue weighted by molar-refractivity contribution is 5.78. The number of benzene rings is 1. The van der Waals surface area contributed by atoms with Crippen LogP contribution in [0, 0.1) is 5.92 Å². The Hall–Kier alpha value is -2.57. The van der Waals surface area contributed by atoms with Crippen molar-refractivity contribution in [2.24, 2.45) is 5.92 Å². The maximum absolute atomic E-state index is 12.0. The Labute approximate surface area is 166 Å². The molecule has 0 aliphatic carbocycles. The number of likely N-dealkylation sites (tertiary alicyclic amines) is 1. The van der Waals surface area contributed by atoms with Gasteiger partial charge >= 0.3 is 12.1 Å². The minimum absolute atomic E-state index is 0.104. The summed E-state index contributed by atoms with van der Waals surface area (Å²) in [5.41, 5.74) is 0.233. The van der Waals surface area contributed by atoms with Crippen molar-refractivity contribution in [2.75, 3.05) is 19.6 Å². The SMILES string of the molecule is CC(=O)N1CCC(CC(C)(C)OC(=O)NCC(=O)OCc2ccccc2)CC1. The summed E-state index contributed by atoms with van der Waals surface area (Å²) in [4.78, 5) is 37.0. The minimum atomic E-state index is -0.652. The summed E-state index contributed by atoms with van der Waals surface area (Å²) < 4.78 is 10.6. The van der Waals surface area contributed by atoms with Crippen molar-refractivity contribution >= 4 is 18.0 Å². The van der Waals surface area contributed by atoms with E-state index < -0.39 is 17.7 Å². The monoisotopic (exact) mass is 390 g/mol. The number of nitrogens with one attached hydrogen (secondary N) is 1. The summed E-state index contributed by atoms with van der Waals surface area (Å²) in [5, 5.41) is 2.45. The van der Waals surface area contributed by atoms with Crippen LogP contribution in [0.4, 0.5) is 4.79 Å². The van der Waals surface area contributed by atoms with Gasteiger partial charge in [-0.1, -0.05) is 30.3 Å². The van der Waals surface area contributed by atoms with E-state index in [4.69, 9.17) is 9.47 Å². The van der Waals surface area contributed by atoms with Gasteiger partial charge in [0.25, 0.3) is 0 Å². The Morgan fingerprint density at radius 2 is 1.79 bits per heavy atom. The number of ether oxygens (including phenoxy) is 2. The van der Waals surface area contributed by atoms with Gasteiger partial charge in [-0.05, 0) is 44.6 Å². The van der Waals surface area contributed by atoms with E-state index in [1.165, 1.54) is 0 Å². The summed E-state index contributed by atoms with van der Waals surface area (Å²) in [6.45, 7) is 6.72. The summed E-state index contributed by atoms with van der Waals surface area (Å²) in [6.07, 6.45) is 1.88. The zero-order valence-corrected chi connectivity index (χ0v) is 16.9. The number of carbonyl (C=O) groups is 3. The van der Waals surface area contributed by atoms with Crippen molar-refractivity contribution in [3.05, 3.63) is 35.9 Å². The molecule has 0 bridgehead atoms. The summed E-state index contributed by atoms with van der Waals surface area (Å²) >= 11 is 0. The van der Waals surface area contributed by atoms with E-state index in [1.54, 1.807) is 6.92 Å². The van der Waals surface area contributed by atoms with E-state index in [2.05, 4.69) is 5.32 Å². The van der Waals surface area contributed by atoms with Gasteiger partial charge in [-0.15, -0.1) is 0 Å². The molecule has 0 unspecified atom stereocenters. The van der Waals surface area contributed by atoms with Gasteiger partial charge in [0.15, 0.2) is 0 Å². The quantitative estimate of drug-likeness (QED) is 0.724. The molecule has 154 valence electrons. The first kappa shape index (κ1) is 21.7. The molecule has 0 saturated carbocycles. The molecule has 2 rings (SSSR count). The smallest absolute Gasteiger partial charge is 0.408 e. The molecule has 28 heavy (non-hydrogen) atoms. The normalized spacial score (nSPS) is 15.0. The molecule has 1 N–H and O–H groups in total. The molecule has 7 nitrogen and oxygen atoms in total. The minimum Gasteiger partial charge on any atom is -0.460 e. The molecule has 1 aromatic rings. The average molecular weight is 390 g/mol. The zero-order chi connectivity index (χ0) is 20.6. The molecular formula is C21H30N2O5. The number of alkyl carbamates (subject to hydrolysis) is 1. The largest absolute Gasteiger partial charge is 0.460 e. The fraction of sp³-hybridized carbons (Fsp3) is 0.571. The van der Waals surface area contributed by atoms with E-state index in [1.807, 2.05) is 49.1 Å². The third-order valence-electron chi connectivity index (χ3n) is 4.83. The first-order chi connectivity index (χ1) is 13.2. The molecule has 1 fully saturated rings. The topological polar surface area (TPSA) is 84.9 Å². The van der Waals surface area contributed by atoms with Gasteiger partial charge in [0.2, 0.25) is 5.91 Å². The Kier molecular flexibility index (Phi) is 7.84. The van der Waals surface area contributed by atoms with Gasteiger partial charge < -0.3 is 19.7 Å². The van der Waals surface area contributed by atoms with E-state index in [9.17, 15) is 14.4 Å². The van der Waals surface area contributed by atoms with Crippen LogP contribution in [0.15, 0.2) is 30.3 Å². The summed E-state index contributed by atoms with van der Waals surface area (Å²) in [7, 11) is 0. The zero-order valence-electron chi connectivity index (χ0n) is 16.9. The lowest BCUT2D eigenvalue weighted by molar-refractivity contribution is -0.143. The molecule has 1 aliphatic heterocycles. The maximum atomic E-state index is 12.0. The van der Waals surface area contributed by atoms with Gasteiger partial charge in [0.1, 0.15) is 18.8 Å². The molecule has 1 saturated heterocycles. The van der Waals surface area contributed by atoms with Gasteiger partial charge in [0.05, 0.1) is 0 Å². The molecule has 0 atom stereocenters. The number of esters is 1. The van der Waals surface area contributed by atoms with Gasteiger partial charge in [-0.25, -0.2) is 4.79 Å². The van der Waals surface area contributed by atoms with Crippen LogP contribution in [-0.2, 0) is 25.7 Å². The number of hydrogen-bond donors (Lipinski definition) is 1. The van der Waals surface area contributed by atoms with Crippen LogP contribution >= 0.6 is 0 Å². The Bertz CT molecular complexity index is 667. The molecule has 0 spiro atoms. The summed E-state index contributed by atoms with van der Waals surface area (Å²) in [5.74, 6) is -0.0167. The van der Waals surface area contributed by atoms with Crippen molar-refractivity contribution in [1.82, 2.24) is 10.2 Å². The van der Waals surface area contributed by atoms with Crippen LogP contribution in [-0.4, -0.2) is 48.1 Å². The Morgan fingerprint density at radius 3 is 2.39 bits per heavy atom. The van der Waals surface area contributed by atoms with E-state index in [0.717, 1.165) is 31.5 Å². The Balaban J connectivity index is 1.66.